The maximum atomic E-state index is 13.4. The van der Waals surface area contributed by atoms with Crippen molar-refractivity contribution in [1.29, 1.82) is 0 Å². The fraction of sp³-hybridized carbons (Fsp3) is 0.148. The number of aliphatic hydroxyl groups is 1. The van der Waals surface area contributed by atoms with E-state index in [4.69, 9.17) is 9.47 Å². The molecule has 8 heteroatoms. The molecule has 4 aromatic rings. The van der Waals surface area contributed by atoms with Gasteiger partial charge < -0.3 is 14.6 Å². The van der Waals surface area contributed by atoms with Crippen LogP contribution in [0, 0.1) is 0 Å². The topological polar surface area (TPSA) is 89.0 Å². The number of amides is 1. The Morgan fingerprint density at radius 3 is 2.54 bits per heavy atom. The second-order valence-electron chi connectivity index (χ2n) is 7.84. The molecule has 1 aliphatic heterocycles. The third-order valence-electron chi connectivity index (χ3n) is 5.79. The normalized spacial score (nSPS) is 17.2. The van der Waals surface area contributed by atoms with E-state index >= 15 is 0 Å². The Bertz CT molecular complexity index is 1460. The molecule has 35 heavy (non-hydrogen) atoms. The number of rotatable bonds is 6. The average Bonchev–Trinajstić information content (AvgIpc) is 3.42. The lowest BCUT2D eigenvalue weighted by molar-refractivity contribution is -0.132. The van der Waals surface area contributed by atoms with Crippen LogP contribution in [0.25, 0.3) is 16.0 Å². The predicted molar refractivity (Wildman–Crippen MR) is 135 cm³/mol. The van der Waals surface area contributed by atoms with Gasteiger partial charge in [0.15, 0.2) is 5.13 Å². The van der Waals surface area contributed by atoms with E-state index in [1.165, 1.54) is 23.3 Å². The van der Waals surface area contributed by atoms with Crippen molar-refractivity contribution < 1.29 is 24.2 Å². The van der Waals surface area contributed by atoms with E-state index in [-0.39, 0.29) is 11.3 Å². The molecule has 1 N–H and O–H groups in total. The largest absolute Gasteiger partial charge is 0.507 e. The Labute approximate surface area is 205 Å². The van der Waals surface area contributed by atoms with Gasteiger partial charge in [-0.05, 0) is 31.2 Å². The number of thiazole rings is 1. The first-order valence-corrected chi connectivity index (χ1v) is 11.9. The van der Waals surface area contributed by atoms with Crippen molar-refractivity contribution in [3.8, 4) is 11.5 Å². The molecule has 176 valence electrons. The summed E-state index contributed by atoms with van der Waals surface area (Å²) in [6.45, 7) is 2.43. The van der Waals surface area contributed by atoms with Crippen molar-refractivity contribution in [1.82, 2.24) is 4.98 Å². The van der Waals surface area contributed by atoms with E-state index in [2.05, 4.69) is 4.98 Å². The number of anilines is 1. The number of benzene rings is 3. The van der Waals surface area contributed by atoms with E-state index < -0.39 is 17.7 Å². The monoisotopic (exact) mass is 486 g/mol. The van der Waals surface area contributed by atoms with Crippen molar-refractivity contribution in [3.63, 3.8) is 0 Å². The van der Waals surface area contributed by atoms with E-state index in [9.17, 15) is 14.7 Å². The summed E-state index contributed by atoms with van der Waals surface area (Å²) in [5, 5.41) is 11.6. The summed E-state index contributed by atoms with van der Waals surface area (Å²) in [5.41, 5.74) is 1.68. The van der Waals surface area contributed by atoms with Crippen LogP contribution in [-0.2, 0) is 9.59 Å². The maximum absolute atomic E-state index is 13.4. The van der Waals surface area contributed by atoms with Crippen LogP contribution in [0.5, 0.6) is 11.5 Å². The number of nitrogens with zero attached hydrogens (tertiary/aromatic N) is 2. The van der Waals surface area contributed by atoms with Crippen LogP contribution in [-0.4, -0.2) is 35.5 Å². The highest BCUT2D eigenvalue weighted by molar-refractivity contribution is 7.22. The van der Waals surface area contributed by atoms with Gasteiger partial charge in [-0.25, -0.2) is 4.98 Å². The van der Waals surface area contributed by atoms with Gasteiger partial charge in [0.1, 0.15) is 23.3 Å². The molecule has 3 aromatic carbocycles. The Balaban J connectivity index is 1.73. The molecule has 7 nitrogen and oxygen atoms in total. The quantitative estimate of drug-likeness (QED) is 0.225. The minimum Gasteiger partial charge on any atom is -0.507 e. The van der Waals surface area contributed by atoms with Crippen LogP contribution in [0.3, 0.4) is 0 Å². The molecular formula is C27H22N2O5S. The lowest BCUT2D eigenvalue weighted by Crippen LogP contribution is -2.29. The number of hydrogen-bond acceptors (Lipinski definition) is 7. The molecule has 2 heterocycles. The zero-order valence-electron chi connectivity index (χ0n) is 19.1. The Kier molecular flexibility index (Phi) is 5.96. The smallest absolute Gasteiger partial charge is 0.301 e. The van der Waals surface area contributed by atoms with Crippen LogP contribution in [0.4, 0.5) is 5.13 Å². The van der Waals surface area contributed by atoms with Gasteiger partial charge >= 0.3 is 5.91 Å². The van der Waals surface area contributed by atoms with Gasteiger partial charge in [-0.3, -0.25) is 14.5 Å². The van der Waals surface area contributed by atoms with Crippen molar-refractivity contribution in [2.45, 2.75) is 13.0 Å². The van der Waals surface area contributed by atoms with Gasteiger partial charge in [-0.1, -0.05) is 59.9 Å². The van der Waals surface area contributed by atoms with Crippen LogP contribution in [0.1, 0.15) is 24.1 Å². The molecule has 0 aliphatic carbocycles. The number of para-hydroxylation sites is 1. The molecule has 1 atom stereocenters. The molecule has 5 rings (SSSR count). The van der Waals surface area contributed by atoms with Gasteiger partial charge in [0, 0.05) is 11.1 Å². The third-order valence-corrected chi connectivity index (χ3v) is 6.81. The molecule has 1 aromatic heterocycles. The molecule has 0 spiro atoms. The number of methoxy groups -OCH3 is 1. The predicted octanol–water partition coefficient (Wildman–Crippen LogP) is 5.33. The molecule has 0 bridgehead atoms. The summed E-state index contributed by atoms with van der Waals surface area (Å²) in [7, 11) is 1.52. The van der Waals surface area contributed by atoms with E-state index in [0.717, 1.165) is 4.70 Å². The molecule has 1 fully saturated rings. The van der Waals surface area contributed by atoms with Crippen molar-refractivity contribution in [2.24, 2.45) is 0 Å². The summed E-state index contributed by atoms with van der Waals surface area (Å²) in [6, 6.07) is 20.4. The number of carbonyl (C=O) groups excluding carboxylic acids is 2. The van der Waals surface area contributed by atoms with E-state index in [0.29, 0.717) is 39.9 Å². The fourth-order valence-electron chi connectivity index (χ4n) is 4.22. The lowest BCUT2D eigenvalue weighted by atomic mass is 9.95. The summed E-state index contributed by atoms with van der Waals surface area (Å²) in [6.07, 6.45) is 0. The minimum atomic E-state index is -0.918. The molecule has 0 saturated carbocycles. The fourth-order valence-corrected chi connectivity index (χ4v) is 5.24. The first-order chi connectivity index (χ1) is 17.0. The molecule has 0 unspecified atom stereocenters. The lowest BCUT2D eigenvalue weighted by Gasteiger charge is -2.24. The SMILES string of the molecule is CCOc1ccc2nc(N3C(=O)C(=O)C(=C(O)c4ccccc4)[C@H]3c3ccccc3OC)sc2c1. The van der Waals surface area contributed by atoms with Gasteiger partial charge in [-0.2, -0.15) is 0 Å². The number of aromatic nitrogens is 1. The first kappa shape index (κ1) is 22.6. The number of carbonyl (C=O) groups is 2. The maximum Gasteiger partial charge on any atom is 0.301 e. The number of Topliss-reactive ketones (excluding diaryl/α,β-unsaturated/α-hetero) is 1. The molecule has 1 amide bonds. The number of ether oxygens (including phenoxy) is 2. The zero-order valence-corrected chi connectivity index (χ0v) is 19.9. The van der Waals surface area contributed by atoms with Crippen LogP contribution in [0.15, 0.2) is 78.4 Å². The summed E-state index contributed by atoms with van der Waals surface area (Å²) < 4.78 is 12.0. The van der Waals surface area contributed by atoms with Crippen molar-refractivity contribution in [3.05, 3.63) is 89.5 Å². The number of fused-ring (bicyclic) bond motifs is 1. The minimum absolute atomic E-state index is 0.0139. The Morgan fingerprint density at radius 1 is 1.06 bits per heavy atom. The summed E-state index contributed by atoms with van der Waals surface area (Å²) in [4.78, 5) is 32.8. The molecule has 1 aliphatic rings. The van der Waals surface area contributed by atoms with Crippen LogP contribution >= 0.6 is 11.3 Å². The second kappa shape index (κ2) is 9.23. The molecule has 1 saturated heterocycles. The van der Waals surface area contributed by atoms with Crippen molar-refractivity contribution in [2.75, 3.05) is 18.6 Å². The van der Waals surface area contributed by atoms with Crippen LogP contribution < -0.4 is 14.4 Å². The highest BCUT2D eigenvalue weighted by Gasteiger charge is 2.49. The van der Waals surface area contributed by atoms with Crippen molar-refractivity contribution >= 4 is 44.1 Å². The molecule has 0 radical (unpaired) electrons. The number of hydrogen-bond donors (Lipinski definition) is 1. The molecular weight excluding hydrogens is 464 g/mol. The highest BCUT2D eigenvalue weighted by atomic mass is 32.1. The van der Waals surface area contributed by atoms with Crippen LogP contribution in [0.2, 0.25) is 0 Å². The van der Waals surface area contributed by atoms with E-state index in [1.54, 1.807) is 48.5 Å². The highest BCUT2D eigenvalue weighted by Crippen LogP contribution is 2.46. The average molecular weight is 487 g/mol. The Morgan fingerprint density at radius 2 is 1.80 bits per heavy atom. The Hall–Kier alpha value is -4.17. The van der Waals surface area contributed by atoms with E-state index in [1.807, 2.05) is 31.2 Å². The zero-order chi connectivity index (χ0) is 24.5. The van der Waals surface area contributed by atoms with Gasteiger partial charge in [0.2, 0.25) is 0 Å². The third kappa shape index (κ3) is 3.91. The summed E-state index contributed by atoms with van der Waals surface area (Å²) >= 11 is 1.28. The number of aliphatic hydroxyl groups excluding tert-OH is 1. The van der Waals surface area contributed by atoms with Gasteiger partial charge in [-0.15, -0.1) is 0 Å². The number of ketones is 1. The second-order valence-corrected chi connectivity index (χ2v) is 8.85. The first-order valence-electron chi connectivity index (χ1n) is 11.1. The van der Waals surface area contributed by atoms with Gasteiger partial charge in [0.25, 0.3) is 5.78 Å². The van der Waals surface area contributed by atoms with Gasteiger partial charge in [0.05, 0.1) is 29.5 Å². The standard InChI is InChI=1S/C27H22N2O5S/c1-3-34-17-13-14-19-21(15-17)35-27(28-19)29-23(18-11-7-8-12-20(18)33-2)22(25(31)26(29)32)24(30)16-9-5-4-6-10-16/h4-15,23,30H,3H2,1-2H3/t23-/m1/s1. The summed E-state index contributed by atoms with van der Waals surface area (Å²) in [5.74, 6) is -0.605.